The number of H-pyrrole nitrogens is 2. The van der Waals surface area contributed by atoms with Crippen LogP contribution in [0.4, 0.5) is 0 Å². The third kappa shape index (κ3) is 4.09. The fraction of sp³-hybridized carbons (Fsp3) is 0.179. The van der Waals surface area contributed by atoms with Gasteiger partial charge in [0.25, 0.3) is 0 Å². The number of nitrogens with zero attached hydrogens (tertiary/aromatic N) is 5. The standard InChI is InChI=1S/C28H24N8O/c1-2-17(12-30-7-1)22-15-32-16-26-21(22)11-25(33-26)28-27-24(35-36-28)4-3-23(34-27)18-10-20(14-31-13-18)37-19-5-8-29-9-6-19/h1-4,7,10-16,19,29,33H,5-6,8-9H2,(H,35,36). The second-order valence-corrected chi connectivity index (χ2v) is 9.21. The number of ether oxygens (including phenoxy) is 1. The highest BCUT2D eigenvalue weighted by Gasteiger charge is 2.17. The molecule has 3 N–H and O–H groups in total. The largest absolute Gasteiger partial charge is 0.489 e. The maximum atomic E-state index is 6.20. The molecule has 0 spiro atoms. The summed E-state index contributed by atoms with van der Waals surface area (Å²) in [4.78, 5) is 21.6. The van der Waals surface area contributed by atoms with Crippen LogP contribution in [0.3, 0.4) is 0 Å². The lowest BCUT2D eigenvalue weighted by molar-refractivity contribution is 0.162. The normalized spacial score (nSPS) is 14.4. The fourth-order valence-electron chi connectivity index (χ4n) is 4.91. The number of nitrogens with one attached hydrogen (secondary N) is 3. The molecule has 0 aromatic carbocycles. The molecular formula is C28H24N8O. The maximum absolute atomic E-state index is 6.20. The van der Waals surface area contributed by atoms with E-state index in [1.54, 1.807) is 12.4 Å². The summed E-state index contributed by atoms with van der Waals surface area (Å²) in [6, 6.07) is 12.0. The van der Waals surface area contributed by atoms with Crippen molar-refractivity contribution in [2.24, 2.45) is 0 Å². The third-order valence-electron chi connectivity index (χ3n) is 6.78. The van der Waals surface area contributed by atoms with E-state index in [4.69, 9.17) is 9.72 Å². The van der Waals surface area contributed by atoms with Crippen LogP contribution in [0.1, 0.15) is 12.8 Å². The molecule has 1 aliphatic heterocycles. The fourth-order valence-corrected chi connectivity index (χ4v) is 4.91. The summed E-state index contributed by atoms with van der Waals surface area (Å²) in [7, 11) is 0. The smallest absolute Gasteiger partial charge is 0.138 e. The van der Waals surface area contributed by atoms with E-state index < -0.39 is 0 Å². The molecule has 1 saturated heterocycles. The molecule has 0 bridgehead atoms. The number of pyridine rings is 4. The van der Waals surface area contributed by atoms with E-state index in [1.165, 1.54) is 0 Å². The lowest BCUT2D eigenvalue weighted by atomic mass is 10.1. The summed E-state index contributed by atoms with van der Waals surface area (Å²) in [5, 5.41) is 12.1. The minimum atomic E-state index is 0.210. The van der Waals surface area contributed by atoms with Crippen molar-refractivity contribution in [1.29, 1.82) is 0 Å². The summed E-state index contributed by atoms with van der Waals surface area (Å²) in [6.45, 7) is 1.96. The average molecular weight is 489 g/mol. The van der Waals surface area contributed by atoms with Crippen LogP contribution in [0.5, 0.6) is 5.75 Å². The second kappa shape index (κ2) is 9.11. The molecule has 7 rings (SSSR count). The number of hydrogen-bond donors (Lipinski definition) is 3. The Morgan fingerprint density at radius 2 is 1.73 bits per heavy atom. The lowest BCUT2D eigenvalue weighted by Crippen LogP contribution is -2.34. The third-order valence-corrected chi connectivity index (χ3v) is 6.78. The van der Waals surface area contributed by atoms with Gasteiger partial charge in [-0.1, -0.05) is 6.07 Å². The Morgan fingerprint density at radius 1 is 0.838 bits per heavy atom. The van der Waals surface area contributed by atoms with Crippen molar-refractivity contribution < 1.29 is 4.74 Å². The molecule has 1 fully saturated rings. The molecule has 37 heavy (non-hydrogen) atoms. The van der Waals surface area contributed by atoms with Crippen LogP contribution in [0.25, 0.3) is 55.7 Å². The summed E-state index contributed by atoms with van der Waals surface area (Å²) in [6.07, 6.45) is 13.1. The molecule has 0 atom stereocenters. The molecule has 0 unspecified atom stereocenters. The van der Waals surface area contributed by atoms with Crippen molar-refractivity contribution in [2.75, 3.05) is 13.1 Å². The van der Waals surface area contributed by atoms with Crippen molar-refractivity contribution in [3.63, 3.8) is 0 Å². The first-order valence-electron chi connectivity index (χ1n) is 12.4. The van der Waals surface area contributed by atoms with Gasteiger partial charge in [-0.3, -0.25) is 20.1 Å². The molecular weight excluding hydrogens is 464 g/mol. The van der Waals surface area contributed by atoms with Crippen LogP contribution in [0.2, 0.25) is 0 Å². The number of hydrogen-bond acceptors (Lipinski definition) is 7. The molecule has 6 aromatic heterocycles. The molecule has 182 valence electrons. The number of fused-ring (bicyclic) bond motifs is 2. The van der Waals surface area contributed by atoms with Crippen LogP contribution < -0.4 is 10.1 Å². The zero-order valence-electron chi connectivity index (χ0n) is 20.0. The Bertz CT molecular complexity index is 1700. The molecule has 0 aliphatic carbocycles. The predicted molar refractivity (Wildman–Crippen MR) is 142 cm³/mol. The summed E-state index contributed by atoms with van der Waals surface area (Å²) < 4.78 is 6.20. The summed E-state index contributed by atoms with van der Waals surface area (Å²) in [5.74, 6) is 0.768. The minimum absolute atomic E-state index is 0.210. The topological polar surface area (TPSA) is 117 Å². The SMILES string of the molecule is c1cncc(-c2cncc3[nH]c(-c4n[nH]c5ccc(-c6cncc(OC7CCNCC7)c6)nc45)cc23)c1. The Morgan fingerprint density at radius 3 is 2.62 bits per heavy atom. The van der Waals surface area contributed by atoms with E-state index in [9.17, 15) is 0 Å². The first kappa shape index (κ1) is 21.6. The molecule has 0 radical (unpaired) electrons. The van der Waals surface area contributed by atoms with Gasteiger partial charge in [0.1, 0.15) is 23.1 Å². The first-order chi connectivity index (χ1) is 18.3. The van der Waals surface area contributed by atoms with E-state index >= 15 is 0 Å². The van der Waals surface area contributed by atoms with Crippen LogP contribution in [-0.2, 0) is 0 Å². The van der Waals surface area contributed by atoms with Gasteiger partial charge >= 0.3 is 0 Å². The number of aromatic nitrogens is 7. The highest BCUT2D eigenvalue weighted by molar-refractivity contribution is 5.99. The van der Waals surface area contributed by atoms with Gasteiger partial charge in [0.05, 0.1) is 34.8 Å². The van der Waals surface area contributed by atoms with Gasteiger partial charge in [0.2, 0.25) is 0 Å². The molecule has 0 saturated carbocycles. The number of aromatic amines is 2. The van der Waals surface area contributed by atoms with Gasteiger partial charge in [0, 0.05) is 46.9 Å². The van der Waals surface area contributed by atoms with Crippen LogP contribution >= 0.6 is 0 Å². The van der Waals surface area contributed by atoms with Crippen LogP contribution in [0.15, 0.2) is 73.6 Å². The van der Waals surface area contributed by atoms with E-state index in [-0.39, 0.29) is 6.10 Å². The average Bonchev–Trinajstić information content (AvgIpc) is 3.58. The Kier molecular flexibility index (Phi) is 5.32. The van der Waals surface area contributed by atoms with Gasteiger partial charge in [-0.05, 0) is 56.3 Å². The van der Waals surface area contributed by atoms with Gasteiger partial charge in [0.15, 0.2) is 0 Å². The second-order valence-electron chi connectivity index (χ2n) is 9.21. The van der Waals surface area contributed by atoms with Gasteiger partial charge in [-0.15, -0.1) is 0 Å². The van der Waals surface area contributed by atoms with Gasteiger partial charge < -0.3 is 15.0 Å². The van der Waals surface area contributed by atoms with E-state index in [2.05, 4.69) is 41.5 Å². The molecule has 6 aromatic rings. The Labute approximate surface area is 212 Å². The molecule has 0 amide bonds. The number of piperidine rings is 1. The van der Waals surface area contributed by atoms with Gasteiger partial charge in [-0.25, -0.2) is 4.98 Å². The van der Waals surface area contributed by atoms with Crippen molar-refractivity contribution in [2.45, 2.75) is 18.9 Å². The Balaban J connectivity index is 1.26. The van der Waals surface area contributed by atoms with Crippen LogP contribution in [-0.4, -0.2) is 54.3 Å². The van der Waals surface area contributed by atoms with Crippen molar-refractivity contribution in [3.05, 3.63) is 73.6 Å². The van der Waals surface area contributed by atoms with E-state index in [1.807, 2.05) is 55.1 Å². The number of rotatable bonds is 5. The highest BCUT2D eigenvalue weighted by Crippen LogP contribution is 2.33. The zero-order valence-corrected chi connectivity index (χ0v) is 20.0. The van der Waals surface area contributed by atoms with E-state index in [0.29, 0.717) is 0 Å². The molecule has 1 aliphatic rings. The lowest BCUT2D eigenvalue weighted by Gasteiger charge is -2.23. The quantitative estimate of drug-likeness (QED) is 0.320. The van der Waals surface area contributed by atoms with Crippen molar-refractivity contribution >= 4 is 21.9 Å². The molecule has 7 heterocycles. The first-order valence-corrected chi connectivity index (χ1v) is 12.4. The minimum Gasteiger partial charge on any atom is -0.489 e. The molecule has 9 heteroatoms. The Hall–Kier alpha value is -4.63. The highest BCUT2D eigenvalue weighted by atomic mass is 16.5. The predicted octanol–water partition coefficient (Wildman–Crippen LogP) is 4.76. The van der Waals surface area contributed by atoms with Crippen LogP contribution in [0, 0.1) is 0 Å². The zero-order chi connectivity index (χ0) is 24.6. The molecule has 9 nitrogen and oxygen atoms in total. The maximum Gasteiger partial charge on any atom is 0.138 e. The van der Waals surface area contributed by atoms with Crippen molar-refractivity contribution in [3.8, 4) is 39.5 Å². The summed E-state index contributed by atoms with van der Waals surface area (Å²) in [5.41, 5.74) is 7.92. The van der Waals surface area contributed by atoms with Crippen molar-refractivity contribution in [1.82, 2.24) is 40.4 Å². The van der Waals surface area contributed by atoms with E-state index in [0.717, 1.165) is 87.4 Å². The monoisotopic (exact) mass is 488 g/mol. The van der Waals surface area contributed by atoms with Gasteiger partial charge in [-0.2, -0.15) is 5.10 Å². The summed E-state index contributed by atoms with van der Waals surface area (Å²) >= 11 is 0.